The molecule has 148 valence electrons. The molecule has 0 fully saturated rings. The molecule has 0 aliphatic heterocycles. The molecule has 0 unspecified atom stereocenters. The quantitative estimate of drug-likeness (QED) is 0.502. The van der Waals surface area contributed by atoms with Gasteiger partial charge in [0, 0.05) is 12.1 Å². The minimum Gasteiger partial charge on any atom is -0.493 e. The molecule has 3 aromatic carbocycles. The first kappa shape index (κ1) is 21.7. The Morgan fingerprint density at radius 1 is 0.857 bits per heavy atom. The van der Waals surface area contributed by atoms with E-state index in [-0.39, 0.29) is 24.8 Å². The molecule has 28 heavy (non-hydrogen) atoms. The van der Waals surface area contributed by atoms with Gasteiger partial charge in [0.25, 0.3) is 0 Å². The van der Waals surface area contributed by atoms with Crippen LogP contribution in [0.4, 0.5) is 4.39 Å². The lowest BCUT2D eigenvalue weighted by Crippen LogP contribution is -2.16. The number of rotatable bonds is 9. The van der Waals surface area contributed by atoms with Gasteiger partial charge in [0.2, 0.25) is 0 Å². The van der Waals surface area contributed by atoms with E-state index in [0.717, 1.165) is 25.1 Å². The summed E-state index contributed by atoms with van der Waals surface area (Å²) < 4.78 is 24.9. The van der Waals surface area contributed by atoms with Crippen LogP contribution >= 0.6 is 12.4 Å². The molecule has 0 atom stereocenters. The van der Waals surface area contributed by atoms with Crippen LogP contribution in [0.25, 0.3) is 0 Å². The minimum absolute atomic E-state index is 0. The number of nitrogens with one attached hydrogen (secondary N) is 1. The van der Waals surface area contributed by atoms with E-state index < -0.39 is 0 Å². The molecule has 0 radical (unpaired) electrons. The predicted molar refractivity (Wildman–Crippen MR) is 113 cm³/mol. The summed E-state index contributed by atoms with van der Waals surface area (Å²) in [4.78, 5) is 0. The molecular formula is C23H25ClFNO2. The van der Waals surface area contributed by atoms with Crippen molar-refractivity contribution in [1.82, 2.24) is 5.32 Å². The largest absolute Gasteiger partial charge is 0.493 e. The normalized spacial score (nSPS) is 10.2. The highest BCUT2D eigenvalue weighted by Gasteiger charge is 2.08. The number of hydrogen-bond donors (Lipinski definition) is 1. The zero-order chi connectivity index (χ0) is 18.9. The Morgan fingerprint density at radius 2 is 1.61 bits per heavy atom. The van der Waals surface area contributed by atoms with E-state index >= 15 is 0 Å². The second-order valence-electron chi connectivity index (χ2n) is 6.28. The molecule has 3 nitrogen and oxygen atoms in total. The van der Waals surface area contributed by atoms with Gasteiger partial charge < -0.3 is 14.8 Å². The second-order valence-corrected chi connectivity index (χ2v) is 6.28. The molecule has 5 heteroatoms. The minimum atomic E-state index is -0.268. The number of ether oxygens (including phenoxy) is 2. The fourth-order valence-corrected chi connectivity index (χ4v) is 2.82. The van der Waals surface area contributed by atoms with Crippen LogP contribution in [-0.4, -0.2) is 13.7 Å². The van der Waals surface area contributed by atoms with E-state index in [2.05, 4.69) is 29.6 Å². The van der Waals surface area contributed by atoms with Crippen molar-refractivity contribution in [2.45, 2.75) is 19.6 Å². The summed E-state index contributed by atoms with van der Waals surface area (Å²) in [7, 11) is 1.61. The van der Waals surface area contributed by atoms with Crippen LogP contribution in [0.2, 0.25) is 0 Å². The summed E-state index contributed by atoms with van der Waals surface area (Å²) in [5.74, 6) is 0.984. The van der Waals surface area contributed by atoms with Crippen molar-refractivity contribution in [3.8, 4) is 11.5 Å². The standard InChI is InChI=1S/C23H24FNO2.ClH/c1-26-23-15-19(16-25-14-13-18-7-3-2-4-8-18)11-12-22(23)27-17-20-9-5-6-10-21(20)24;/h2-12,15,25H,13-14,16-17H2,1H3;1H. The molecule has 0 amide bonds. The van der Waals surface area contributed by atoms with Crippen molar-refractivity contribution in [2.75, 3.05) is 13.7 Å². The van der Waals surface area contributed by atoms with Gasteiger partial charge in [-0.1, -0.05) is 54.6 Å². The van der Waals surface area contributed by atoms with Gasteiger partial charge in [-0.3, -0.25) is 0 Å². The summed E-state index contributed by atoms with van der Waals surface area (Å²) in [6, 6.07) is 22.8. The average Bonchev–Trinajstić information content (AvgIpc) is 2.72. The van der Waals surface area contributed by atoms with Crippen LogP contribution in [-0.2, 0) is 19.6 Å². The Morgan fingerprint density at radius 3 is 2.36 bits per heavy atom. The topological polar surface area (TPSA) is 30.5 Å². The fourth-order valence-electron chi connectivity index (χ4n) is 2.82. The van der Waals surface area contributed by atoms with E-state index in [4.69, 9.17) is 9.47 Å². The zero-order valence-corrected chi connectivity index (χ0v) is 16.7. The van der Waals surface area contributed by atoms with Gasteiger partial charge in [0.05, 0.1) is 7.11 Å². The van der Waals surface area contributed by atoms with Crippen LogP contribution in [0, 0.1) is 5.82 Å². The third kappa shape index (κ3) is 6.25. The van der Waals surface area contributed by atoms with E-state index in [1.54, 1.807) is 25.3 Å². The monoisotopic (exact) mass is 401 g/mol. The molecular weight excluding hydrogens is 377 g/mol. The Bertz CT molecular complexity index is 858. The van der Waals surface area contributed by atoms with Crippen molar-refractivity contribution >= 4 is 12.4 Å². The van der Waals surface area contributed by atoms with Crippen molar-refractivity contribution in [2.24, 2.45) is 0 Å². The molecule has 0 bridgehead atoms. The summed E-state index contributed by atoms with van der Waals surface area (Å²) in [5, 5.41) is 3.44. The zero-order valence-electron chi connectivity index (χ0n) is 15.9. The molecule has 3 rings (SSSR count). The molecule has 0 aromatic heterocycles. The van der Waals surface area contributed by atoms with E-state index in [1.807, 2.05) is 24.3 Å². The van der Waals surface area contributed by atoms with Crippen molar-refractivity contribution < 1.29 is 13.9 Å². The van der Waals surface area contributed by atoms with E-state index in [1.165, 1.54) is 11.6 Å². The summed E-state index contributed by atoms with van der Waals surface area (Å²) in [6.45, 7) is 1.81. The number of halogens is 2. The van der Waals surface area contributed by atoms with Gasteiger partial charge in [-0.15, -0.1) is 12.4 Å². The Kier molecular flexibility index (Phi) is 8.79. The summed E-state index contributed by atoms with van der Waals surface area (Å²) in [5.41, 5.74) is 2.95. The highest BCUT2D eigenvalue weighted by Crippen LogP contribution is 2.29. The van der Waals surface area contributed by atoms with Crippen LogP contribution < -0.4 is 14.8 Å². The SMILES string of the molecule is COc1cc(CNCCc2ccccc2)ccc1OCc1ccccc1F.Cl. The number of benzene rings is 3. The average molecular weight is 402 g/mol. The van der Waals surface area contributed by atoms with Crippen LogP contribution in [0.1, 0.15) is 16.7 Å². The molecule has 0 spiro atoms. The molecule has 0 aliphatic rings. The van der Waals surface area contributed by atoms with Crippen molar-refractivity contribution in [3.63, 3.8) is 0 Å². The maximum absolute atomic E-state index is 13.7. The maximum atomic E-state index is 13.7. The highest BCUT2D eigenvalue weighted by atomic mass is 35.5. The van der Waals surface area contributed by atoms with Gasteiger partial charge in [0.15, 0.2) is 11.5 Å². The smallest absolute Gasteiger partial charge is 0.161 e. The molecule has 3 aromatic rings. The lowest BCUT2D eigenvalue weighted by Gasteiger charge is -2.13. The van der Waals surface area contributed by atoms with Gasteiger partial charge in [0.1, 0.15) is 12.4 Å². The Balaban J connectivity index is 0.00000280. The summed E-state index contributed by atoms with van der Waals surface area (Å²) >= 11 is 0. The maximum Gasteiger partial charge on any atom is 0.161 e. The Labute approximate surface area is 171 Å². The van der Waals surface area contributed by atoms with Gasteiger partial charge in [-0.2, -0.15) is 0 Å². The lowest BCUT2D eigenvalue weighted by atomic mass is 10.1. The van der Waals surface area contributed by atoms with Crippen molar-refractivity contribution in [1.29, 1.82) is 0 Å². The van der Waals surface area contributed by atoms with Gasteiger partial charge >= 0.3 is 0 Å². The number of methoxy groups -OCH3 is 1. The van der Waals surface area contributed by atoms with E-state index in [0.29, 0.717) is 17.1 Å². The van der Waals surface area contributed by atoms with Gasteiger partial charge in [-0.05, 0) is 42.3 Å². The Hall–Kier alpha value is -2.56. The molecule has 0 saturated carbocycles. The first-order valence-electron chi connectivity index (χ1n) is 9.04. The molecule has 0 heterocycles. The summed E-state index contributed by atoms with van der Waals surface area (Å²) in [6.07, 6.45) is 0.988. The molecule has 0 saturated heterocycles. The predicted octanol–water partition coefficient (Wildman–Crippen LogP) is 5.17. The first-order chi connectivity index (χ1) is 13.3. The fraction of sp³-hybridized carbons (Fsp3) is 0.217. The highest BCUT2D eigenvalue weighted by molar-refractivity contribution is 5.85. The van der Waals surface area contributed by atoms with Crippen LogP contribution in [0.3, 0.4) is 0 Å². The number of hydrogen-bond acceptors (Lipinski definition) is 3. The van der Waals surface area contributed by atoms with Crippen LogP contribution in [0.15, 0.2) is 72.8 Å². The van der Waals surface area contributed by atoms with E-state index in [9.17, 15) is 4.39 Å². The first-order valence-corrected chi connectivity index (χ1v) is 9.04. The third-order valence-corrected chi connectivity index (χ3v) is 4.33. The second kappa shape index (κ2) is 11.3. The third-order valence-electron chi connectivity index (χ3n) is 4.33. The lowest BCUT2D eigenvalue weighted by molar-refractivity contribution is 0.279. The molecule has 1 N–H and O–H groups in total. The van der Waals surface area contributed by atoms with Crippen molar-refractivity contribution in [3.05, 3.63) is 95.3 Å². The van der Waals surface area contributed by atoms with Crippen LogP contribution in [0.5, 0.6) is 11.5 Å². The van der Waals surface area contributed by atoms with Gasteiger partial charge in [-0.25, -0.2) is 4.39 Å². The molecule has 0 aliphatic carbocycles.